The minimum absolute atomic E-state index is 0.0984. The summed E-state index contributed by atoms with van der Waals surface area (Å²) in [6.07, 6.45) is 2.72. The highest BCUT2D eigenvalue weighted by atomic mass is 32.2. The Labute approximate surface area is 192 Å². The van der Waals surface area contributed by atoms with Crippen LogP contribution in [-0.4, -0.2) is 50.6 Å². The molecule has 0 spiro atoms. The minimum Gasteiger partial charge on any atom is -0.491 e. The van der Waals surface area contributed by atoms with E-state index >= 15 is 0 Å². The van der Waals surface area contributed by atoms with Gasteiger partial charge in [0.25, 0.3) is 0 Å². The van der Waals surface area contributed by atoms with Crippen molar-refractivity contribution in [2.45, 2.75) is 39.5 Å². The van der Waals surface area contributed by atoms with Gasteiger partial charge in [0.2, 0.25) is 15.9 Å². The van der Waals surface area contributed by atoms with Crippen LogP contribution in [0.4, 0.5) is 0 Å². The zero-order chi connectivity index (χ0) is 23.0. The molecule has 7 heteroatoms. The van der Waals surface area contributed by atoms with Crippen LogP contribution in [0.5, 0.6) is 5.75 Å². The van der Waals surface area contributed by atoms with E-state index in [1.165, 1.54) is 4.31 Å². The van der Waals surface area contributed by atoms with Crippen molar-refractivity contribution in [3.63, 3.8) is 0 Å². The molecule has 1 aliphatic heterocycles. The second-order valence-corrected chi connectivity index (χ2v) is 10.6. The Morgan fingerprint density at radius 3 is 2.72 bits per heavy atom. The maximum Gasteiger partial charge on any atom is 0.224 e. The van der Waals surface area contributed by atoms with Crippen molar-refractivity contribution in [3.05, 3.63) is 65.2 Å². The highest BCUT2D eigenvalue weighted by molar-refractivity contribution is 7.89. The van der Waals surface area contributed by atoms with E-state index in [9.17, 15) is 13.2 Å². The standard InChI is InChI=1S/C25H34N2O4S/c1-20-12-13-21(2)24(18-20)31-16-14-26-25(28)23-11-6-15-27(19-23)32(29,30)17-7-10-22-8-4-3-5-9-22/h3-5,8-9,12-13,18,23H,6-7,10-11,14-17,19H2,1-2H3,(H,26,28)/t23-/m0/s1. The smallest absolute Gasteiger partial charge is 0.224 e. The predicted molar refractivity (Wildman–Crippen MR) is 127 cm³/mol. The molecule has 1 atom stereocenters. The normalized spacial score (nSPS) is 17.1. The van der Waals surface area contributed by atoms with E-state index in [0.717, 1.165) is 28.9 Å². The fourth-order valence-corrected chi connectivity index (χ4v) is 5.57. The van der Waals surface area contributed by atoms with Crippen molar-refractivity contribution in [1.82, 2.24) is 9.62 Å². The fraction of sp³-hybridized carbons (Fsp3) is 0.480. The topological polar surface area (TPSA) is 75.7 Å². The van der Waals surface area contributed by atoms with Crippen molar-refractivity contribution in [2.75, 3.05) is 32.0 Å². The molecule has 1 amide bonds. The Balaban J connectivity index is 1.42. The van der Waals surface area contributed by atoms with Gasteiger partial charge < -0.3 is 10.1 Å². The molecule has 6 nitrogen and oxygen atoms in total. The largest absolute Gasteiger partial charge is 0.491 e. The van der Waals surface area contributed by atoms with Gasteiger partial charge in [-0.05, 0) is 62.3 Å². The van der Waals surface area contributed by atoms with Crippen molar-refractivity contribution >= 4 is 15.9 Å². The Morgan fingerprint density at radius 1 is 1.16 bits per heavy atom. The maximum atomic E-state index is 12.8. The summed E-state index contributed by atoms with van der Waals surface area (Å²) in [5.74, 6) is 0.525. The number of piperidine rings is 1. The van der Waals surface area contributed by atoms with E-state index in [-0.39, 0.29) is 24.1 Å². The number of carbonyl (C=O) groups is 1. The molecule has 1 saturated heterocycles. The summed E-state index contributed by atoms with van der Waals surface area (Å²) in [5, 5.41) is 2.91. The minimum atomic E-state index is -3.36. The summed E-state index contributed by atoms with van der Waals surface area (Å²) < 4.78 is 32.9. The summed E-state index contributed by atoms with van der Waals surface area (Å²) in [6, 6.07) is 15.9. The van der Waals surface area contributed by atoms with Gasteiger partial charge in [-0.2, -0.15) is 0 Å². The molecule has 0 radical (unpaired) electrons. The molecule has 3 rings (SSSR count). The number of benzene rings is 2. The third-order valence-corrected chi connectivity index (χ3v) is 7.78. The summed E-state index contributed by atoms with van der Waals surface area (Å²) in [7, 11) is -3.36. The Hall–Kier alpha value is -2.38. The molecular formula is C25H34N2O4S. The second kappa shape index (κ2) is 11.5. The average Bonchev–Trinajstić information content (AvgIpc) is 2.79. The molecule has 32 heavy (non-hydrogen) atoms. The van der Waals surface area contributed by atoms with Gasteiger partial charge in [0, 0.05) is 13.1 Å². The molecular weight excluding hydrogens is 424 g/mol. The van der Waals surface area contributed by atoms with Crippen LogP contribution in [0.25, 0.3) is 0 Å². The summed E-state index contributed by atoms with van der Waals surface area (Å²) in [4.78, 5) is 12.6. The number of hydrogen-bond acceptors (Lipinski definition) is 4. The van der Waals surface area contributed by atoms with E-state index in [4.69, 9.17) is 4.74 Å². The highest BCUT2D eigenvalue weighted by Gasteiger charge is 2.31. The molecule has 174 valence electrons. The van der Waals surface area contributed by atoms with Gasteiger partial charge >= 0.3 is 0 Å². The van der Waals surface area contributed by atoms with Gasteiger partial charge in [-0.3, -0.25) is 4.79 Å². The van der Waals surface area contributed by atoms with Gasteiger partial charge in [-0.1, -0.05) is 42.5 Å². The number of nitrogens with zero attached hydrogens (tertiary/aromatic N) is 1. The molecule has 2 aromatic rings. The van der Waals surface area contributed by atoms with Gasteiger partial charge in [-0.25, -0.2) is 12.7 Å². The van der Waals surface area contributed by atoms with Crippen LogP contribution in [0, 0.1) is 19.8 Å². The van der Waals surface area contributed by atoms with Crippen molar-refractivity contribution in [2.24, 2.45) is 5.92 Å². The lowest BCUT2D eigenvalue weighted by Gasteiger charge is -2.31. The number of amides is 1. The first-order valence-electron chi connectivity index (χ1n) is 11.3. The SMILES string of the molecule is Cc1ccc(C)c(OCCNC(=O)[C@H]2CCCN(S(=O)(=O)CCCc3ccccc3)C2)c1. The summed E-state index contributed by atoms with van der Waals surface area (Å²) in [5.41, 5.74) is 3.32. The van der Waals surface area contributed by atoms with Gasteiger partial charge in [-0.15, -0.1) is 0 Å². The average molecular weight is 459 g/mol. The van der Waals surface area contributed by atoms with Crippen LogP contribution < -0.4 is 10.1 Å². The van der Waals surface area contributed by atoms with Crippen LogP contribution in [0.1, 0.15) is 36.0 Å². The summed E-state index contributed by atoms with van der Waals surface area (Å²) >= 11 is 0. The highest BCUT2D eigenvalue weighted by Crippen LogP contribution is 2.21. The third kappa shape index (κ3) is 7.07. The third-order valence-electron chi connectivity index (χ3n) is 5.86. The lowest BCUT2D eigenvalue weighted by molar-refractivity contribution is -0.126. The lowest BCUT2D eigenvalue weighted by atomic mass is 9.99. The number of rotatable bonds is 10. The predicted octanol–water partition coefficient (Wildman–Crippen LogP) is 3.47. The zero-order valence-electron chi connectivity index (χ0n) is 19.0. The Bertz CT molecular complexity index is 992. The van der Waals surface area contributed by atoms with E-state index < -0.39 is 10.0 Å². The van der Waals surface area contributed by atoms with Crippen LogP contribution >= 0.6 is 0 Å². The van der Waals surface area contributed by atoms with Crippen LogP contribution in [0.2, 0.25) is 0 Å². The van der Waals surface area contributed by atoms with Crippen LogP contribution in [0.15, 0.2) is 48.5 Å². The molecule has 0 bridgehead atoms. The molecule has 0 aliphatic carbocycles. The number of aryl methyl sites for hydroxylation is 3. The lowest BCUT2D eigenvalue weighted by Crippen LogP contribution is -2.46. The number of ether oxygens (including phenoxy) is 1. The van der Waals surface area contributed by atoms with Gasteiger partial charge in [0.15, 0.2) is 0 Å². The van der Waals surface area contributed by atoms with Crippen molar-refractivity contribution in [1.29, 1.82) is 0 Å². The Morgan fingerprint density at radius 2 is 1.94 bits per heavy atom. The Kier molecular flexibility index (Phi) is 8.70. The number of hydrogen-bond donors (Lipinski definition) is 1. The zero-order valence-corrected chi connectivity index (χ0v) is 19.9. The van der Waals surface area contributed by atoms with Crippen molar-refractivity contribution < 1.29 is 17.9 Å². The first kappa shape index (κ1) is 24.3. The molecule has 1 heterocycles. The van der Waals surface area contributed by atoms with E-state index in [2.05, 4.69) is 5.32 Å². The van der Waals surface area contributed by atoms with Crippen molar-refractivity contribution in [3.8, 4) is 5.75 Å². The van der Waals surface area contributed by atoms with Crippen LogP contribution in [-0.2, 0) is 21.2 Å². The first-order valence-corrected chi connectivity index (χ1v) is 13.0. The number of carbonyl (C=O) groups excluding carboxylic acids is 1. The van der Waals surface area contributed by atoms with Gasteiger partial charge in [0.1, 0.15) is 12.4 Å². The first-order chi connectivity index (χ1) is 15.3. The van der Waals surface area contributed by atoms with E-state index in [1.54, 1.807) is 0 Å². The molecule has 0 aromatic heterocycles. The maximum absolute atomic E-state index is 12.8. The monoisotopic (exact) mass is 458 g/mol. The molecule has 1 N–H and O–H groups in total. The number of sulfonamides is 1. The summed E-state index contributed by atoms with van der Waals surface area (Å²) in [6.45, 7) is 5.53. The molecule has 1 aliphatic rings. The quantitative estimate of drug-likeness (QED) is 0.553. The van der Waals surface area contributed by atoms with Crippen LogP contribution in [0.3, 0.4) is 0 Å². The number of nitrogens with one attached hydrogen (secondary N) is 1. The van der Waals surface area contributed by atoms with Gasteiger partial charge in [0.05, 0.1) is 18.2 Å². The molecule has 2 aromatic carbocycles. The fourth-order valence-electron chi connectivity index (χ4n) is 3.98. The molecule has 1 fully saturated rings. The molecule has 0 saturated carbocycles. The molecule has 0 unspecified atom stereocenters. The second-order valence-electron chi connectivity index (χ2n) is 8.51. The van der Waals surface area contributed by atoms with E-state index in [0.29, 0.717) is 39.0 Å². The van der Waals surface area contributed by atoms with E-state index in [1.807, 2.05) is 62.4 Å².